The summed E-state index contributed by atoms with van der Waals surface area (Å²) in [6.45, 7) is 0. The SMILES string of the molecule is Cl.Cl.[AlH3].[LiH].[S]. The molecule has 0 aromatic heterocycles. The van der Waals surface area contributed by atoms with E-state index in [9.17, 15) is 0 Å². The molecule has 0 bridgehead atoms. The second-order valence-corrected chi connectivity index (χ2v) is 0. The van der Waals surface area contributed by atoms with Gasteiger partial charge in [0.1, 0.15) is 0 Å². The second-order valence-electron chi connectivity index (χ2n) is 0. The van der Waals surface area contributed by atoms with Crippen LogP contribution in [0, 0.1) is 0 Å². The van der Waals surface area contributed by atoms with Crippen LogP contribution in [0.1, 0.15) is 0 Å². The summed E-state index contributed by atoms with van der Waals surface area (Å²) in [6.07, 6.45) is 0. The van der Waals surface area contributed by atoms with Crippen molar-refractivity contribution in [3.05, 3.63) is 0 Å². The van der Waals surface area contributed by atoms with Gasteiger partial charge in [-0.15, -0.1) is 24.8 Å². The zero-order chi connectivity index (χ0) is 0. The third-order valence-electron chi connectivity index (χ3n) is 0. The smallest absolute Gasteiger partial charge is 0 e. The number of hydrogen-bond donors (Lipinski definition) is 0. The maximum atomic E-state index is 0. The monoisotopic (exact) mass is 142 g/mol. The molecule has 0 saturated heterocycles. The van der Waals surface area contributed by atoms with Crippen molar-refractivity contribution >= 4 is 74.5 Å². The molecule has 0 saturated carbocycles. The largest absolute Gasteiger partial charge is 0 e. The van der Waals surface area contributed by atoms with Crippen LogP contribution in [0.5, 0.6) is 0 Å². The van der Waals surface area contributed by atoms with Gasteiger partial charge < -0.3 is 0 Å². The summed E-state index contributed by atoms with van der Waals surface area (Å²) in [5.74, 6) is 0. The van der Waals surface area contributed by atoms with E-state index in [-0.39, 0.29) is 74.5 Å². The summed E-state index contributed by atoms with van der Waals surface area (Å²) >= 11 is 0. The van der Waals surface area contributed by atoms with Crippen LogP contribution in [0.2, 0.25) is 0 Å². The molecule has 0 aliphatic heterocycles. The molecule has 30 valence electrons. The van der Waals surface area contributed by atoms with Gasteiger partial charge in [-0.25, -0.2) is 0 Å². The van der Waals surface area contributed by atoms with Crippen molar-refractivity contribution < 1.29 is 0 Å². The Labute approximate surface area is 74.0 Å². The minimum atomic E-state index is 0. The molecular weight excluding hydrogens is 137 g/mol. The van der Waals surface area contributed by atoms with Gasteiger partial charge >= 0.3 is 18.9 Å². The van der Waals surface area contributed by atoms with Gasteiger partial charge in [0.25, 0.3) is 0 Å². The molecule has 5 heavy (non-hydrogen) atoms. The van der Waals surface area contributed by atoms with Crippen molar-refractivity contribution in [3.8, 4) is 0 Å². The third-order valence-corrected chi connectivity index (χ3v) is 0. The van der Waals surface area contributed by atoms with Crippen molar-refractivity contribution in [1.82, 2.24) is 0 Å². The first-order chi connectivity index (χ1) is 0. The van der Waals surface area contributed by atoms with E-state index in [0.29, 0.717) is 0 Å². The molecule has 0 fully saturated rings. The number of rotatable bonds is 0. The molecule has 0 aliphatic carbocycles. The first kappa shape index (κ1) is 61.1. The van der Waals surface area contributed by atoms with E-state index in [4.69, 9.17) is 0 Å². The Balaban J connectivity index is 0. The maximum absolute atomic E-state index is 0. The van der Waals surface area contributed by atoms with E-state index >= 15 is 0 Å². The van der Waals surface area contributed by atoms with Crippen LogP contribution >= 0.6 is 38.3 Å². The van der Waals surface area contributed by atoms with E-state index in [0.717, 1.165) is 0 Å². The molecule has 0 heterocycles. The molecule has 2 radical (unpaired) electrons. The molecule has 0 spiro atoms. The van der Waals surface area contributed by atoms with Crippen LogP contribution in [-0.2, 0) is 0 Å². The minimum Gasteiger partial charge on any atom is 0 e. The van der Waals surface area contributed by atoms with Crippen LogP contribution in [-0.4, -0.2) is 36.2 Å². The van der Waals surface area contributed by atoms with E-state index < -0.39 is 0 Å². The van der Waals surface area contributed by atoms with Gasteiger partial charge in [0.15, 0.2) is 17.4 Å². The summed E-state index contributed by atoms with van der Waals surface area (Å²) in [4.78, 5) is 0. The van der Waals surface area contributed by atoms with Crippen molar-refractivity contribution in [2.45, 2.75) is 0 Å². The molecule has 5 heteroatoms. The molecule has 0 aliphatic rings. The predicted octanol–water partition coefficient (Wildman–Crippen LogP) is -0.341. The van der Waals surface area contributed by atoms with Crippen LogP contribution in [0.25, 0.3) is 0 Å². The molecule has 0 atom stereocenters. The average Bonchev–Trinajstić information content (AvgIpc) is 0. The summed E-state index contributed by atoms with van der Waals surface area (Å²) in [6, 6.07) is 0. The van der Waals surface area contributed by atoms with E-state index in [1.54, 1.807) is 0 Å². The van der Waals surface area contributed by atoms with Crippen LogP contribution in [0.15, 0.2) is 0 Å². The molecular formula is H6AlCl2LiS. The van der Waals surface area contributed by atoms with Gasteiger partial charge in [-0.3, -0.25) is 0 Å². The molecule has 0 rings (SSSR count). The van der Waals surface area contributed by atoms with Crippen molar-refractivity contribution in [2.75, 3.05) is 0 Å². The van der Waals surface area contributed by atoms with E-state index in [2.05, 4.69) is 0 Å². The standard InChI is InChI=1S/Al.2ClH.Li.S.4H/h;2*1H;;;;;;. The van der Waals surface area contributed by atoms with Gasteiger partial charge in [-0.1, -0.05) is 0 Å². The second kappa shape index (κ2) is 36.6. The first-order valence-electron chi connectivity index (χ1n) is 0. The third kappa shape index (κ3) is 23.5. The van der Waals surface area contributed by atoms with Crippen molar-refractivity contribution in [2.24, 2.45) is 0 Å². The van der Waals surface area contributed by atoms with Crippen LogP contribution < -0.4 is 0 Å². The molecule has 0 nitrogen and oxygen atoms in total. The quantitative estimate of drug-likeness (QED) is 0.407. The van der Waals surface area contributed by atoms with Gasteiger partial charge in [0.2, 0.25) is 0 Å². The summed E-state index contributed by atoms with van der Waals surface area (Å²) < 4.78 is 0. The Bertz CT molecular complexity index is 9.61. The van der Waals surface area contributed by atoms with Gasteiger partial charge in [0, 0.05) is 13.5 Å². The predicted molar refractivity (Wildman–Crippen MR) is 39.2 cm³/mol. The molecule has 0 aromatic rings. The van der Waals surface area contributed by atoms with E-state index in [1.165, 1.54) is 0 Å². The van der Waals surface area contributed by atoms with E-state index in [1.807, 2.05) is 0 Å². The summed E-state index contributed by atoms with van der Waals surface area (Å²) in [5, 5.41) is 0. The number of hydrogen-bond acceptors (Lipinski definition) is 0. The van der Waals surface area contributed by atoms with Crippen LogP contribution in [0.4, 0.5) is 0 Å². The topological polar surface area (TPSA) is 0 Å². The Morgan fingerprint density at radius 3 is 0.800 bits per heavy atom. The molecule has 0 aromatic carbocycles. The zero-order valence-corrected chi connectivity index (χ0v) is 3.67. The average molecular weight is 143 g/mol. The Morgan fingerprint density at radius 2 is 0.800 bits per heavy atom. The summed E-state index contributed by atoms with van der Waals surface area (Å²) in [5.41, 5.74) is 0. The Hall–Kier alpha value is 2.06. The van der Waals surface area contributed by atoms with Crippen molar-refractivity contribution in [1.29, 1.82) is 0 Å². The fraction of sp³-hybridized carbons (Fsp3) is 0. The zero-order valence-electron chi connectivity index (χ0n) is 1.22. The summed E-state index contributed by atoms with van der Waals surface area (Å²) in [7, 11) is 0. The maximum Gasteiger partial charge on any atom is 0 e. The fourth-order valence-electron chi connectivity index (χ4n) is 0. The Morgan fingerprint density at radius 1 is 0.800 bits per heavy atom. The number of halogens is 2. The van der Waals surface area contributed by atoms with Gasteiger partial charge in [0.05, 0.1) is 0 Å². The normalized spacial score (nSPS) is 0. The molecule has 0 N–H and O–H groups in total. The molecule has 0 amide bonds. The van der Waals surface area contributed by atoms with Crippen molar-refractivity contribution in [3.63, 3.8) is 0 Å². The first-order valence-corrected chi connectivity index (χ1v) is 0. The van der Waals surface area contributed by atoms with Gasteiger partial charge in [-0.2, -0.15) is 0 Å². The molecule has 0 unspecified atom stereocenters. The Kier molecular flexibility index (Phi) is 447. The minimum absolute atomic E-state index is 0. The van der Waals surface area contributed by atoms with Crippen LogP contribution in [0.3, 0.4) is 0 Å². The fourth-order valence-corrected chi connectivity index (χ4v) is 0. The van der Waals surface area contributed by atoms with Gasteiger partial charge in [-0.05, 0) is 0 Å².